The lowest BCUT2D eigenvalue weighted by molar-refractivity contribution is -0.137. The van der Waals surface area contributed by atoms with E-state index in [1.54, 1.807) is 6.92 Å². The number of benzene rings is 1. The van der Waals surface area contributed by atoms with E-state index >= 15 is 0 Å². The highest BCUT2D eigenvalue weighted by atomic mass is 16.5. The summed E-state index contributed by atoms with van der Waals surface area (Å²) in [6.07, 6.45) is 5.49. The van der Waals surface area contributed by atoms with Gasteiger partial charge in [-0.15, -0.1) is 0 Å². The number of aromatic nitrogens is 1. The van der Waals surface area contributed by atoms with Gasteiger partial charge in [0.15, 0.2) is 6.61 Å². The first-order valence-corrected chi connectivity index (χ1v) is 10.8. The van der Waals surface area contributed by atoms with E-state index in [0.717, 1.165) is 42.5 Å². The van der Waals surface area contributed by atoms with Gasteiger partial charge in [0.2, 0.25) is 0 Å². The molecule has 0 bridgehead atoms. The number of hydrogen-bond acceptors (Lipinski definition) is 4. The van der Waals surface area contributed by atoms with Crippen LogP contribution in [0, 0.1) is 13.8 Å². The molecule has 2 aromatic rings. The minimum absolute atomic E-state index is 0.00770. The summed E-state index contributed by atoms with van der Waals surface area (Å²) in [7, 11) is 0. The van der Waals surface area contributed by atoms with Crippen molar-refractivity contribution >= 4 is 11.9 Å². The van der Waals surface area contributed by atoms with E-state index in [1.165, 1.54) is 6.42 Å². The first-order valence-electron chi connectivity index (χ1n) is 10.8. The lowest BCUT2D eigenvalue weighted by Gasteiger charge is -2.34. The van der Waals surface area contributed by atoms with E-state index < -0.39 is 0 Å². The minimum atomic E-state index is -0.354. The largest absolute Gasteiger partial charge is 0.484 e. The molecule has 1 heterocycles. The number of para-hydroxylation sites is 1. The first-order chi connectivity index (χ1) is 14.5. The second-order valence-corrected chi connectivity index (χ2v) is 7.86. The number of aryl methyl sites for hydroxylation is 1. The second kappa shape index (κ2) is 10.3. The van der Waals surface area contributed by atoms with Crippen molar-refractivity contribution in [3.05, 3.63) is 52.8 Å². The molecule has 30 heavy (non-hydrogen) atoms. The van der Waals surface area contributed by atoms with Crippen LogP contribution in [0.5, 0.6) is 5.75 Å². The smallest absolute Gasteiger partial charge is 0.355 e. The van der Waals surface area contributed by atoms with Gasteiger partial charge < -0.3 is 19.4 Å². The monoisotopic (exact) mass is 412 g/mol. The molecule has 6 nitrogen and oxygen atoms in total. The Balaban J connectivity index is 1.79. The number of aromatic amines is 1. The topological polar surface area (TPSA) is 71.6 Å². The molecular formula is C24H32N2O4. The van der Waals surface area contributed by atoms with Gasteiger partial charge in [-0.05, 0) is 56.9 Å². The third-order valence-electron chi connectivity index (χ3n) is 5.84. The van der Waals surface area contributed by atoms with Gasteiger partial charge in [-0.2, -0.15) is 0 Å². The molecule has 3 rings (SSSR count). The summed E-state index contributed by atoms with van der Waals surface area (Å²) in [6, 6.07) is 9.60. The van der Waals surface area contributed by atoms with E-state index in [-0.39, 0.29) is 24.5 Å². The molecule has 0 saturated heterocycles. The predicted molar refractivity (Wildman–Crippen MR) is 116 cm³/mol. The molecule has 1 saturated carbocycles. The normalized spacial score (nSPS) is 14.4. The molecule has 1 aromatic heterocycles. The highest BCUT2D eigenvalue weighted by Crippen LogP contribution is 2.27. The van der Waals surface area contributed by atoms with E-state index in [9.17, 15) is 9.59 Å². The molecule has 1 aliphatic carbocycles. The van der Waals surface area contributed by atoms with Crippen LogP contribution in [0.1, 0.15) is 66.3 Å². The van der Waals surface area contributed by atoms with Crippen LogP contribution in [0.15, 0.2) is 30.3 Å². The molecule has 1 N–H and O–H groups in total. The Morgan fingerprint density at radius 2 is 1.80 bits per heavy atom. The molecule has 1 fully saturated rings. The van der Waals surface area contributed by atoms with Crippen molar-refractivity contribution in [2.75, 3.05) is 13.2 Å². The number of carbonyl (C=O) groups excluding carboxylic acids is 2. The van der Waals surface area contributed by atoms with Gasteiger partial charge in [-0.3, -0.25) is 4.79 Å². The van der Waals surface area contributed by atoms with E-state index in [2.05, 4.69) is 4.98 Å². The highest BCUT2D eigenvalue weighted by Gasteiger charge is 2.28. The van der Waals surface area contributed by atoms with Crippen molar-refractivity contribution in [1.82, 2.24) is 9.88 Å². The second-order valence-electron chi connectivity index (χ2n) is 7.86. The van der Waals surface area contributed by atoms with Crippen LogP contribution in [0.3, 0.4) is 0 Å². The number of H-pyrrole nitrogens is 1. The van der Waals surface area contributed by atoms with Crippen molar-refractivity contribution in [3.8, 4) is 5.75 Å². The zero-order valence-corrected chi connectivity index (χ0v) is 18.2. The average molecular weight is 413 g/mol. The summed E-state index contributed by atoms with van der Waals surface area (Å²) in [5.74, 6) is 0.309. The Hall–Kier alpha value is -2.76. The summed E-state index contributed by atoms with van der Waals surface area (Å²) in [5, 5.41) is 0. The zero-order chi connectivity index (χ0) is 21.5. The SMILES string of the molecule is CCOC(=O)c1[nH]c(C)c(CN(C(=O)COc2ccccc2)C2CCCCC2)c1C. The lowest BCUT2D eigenvalue weighted by Crippen LogP contribution is -2.43. The Morgan fingerprint density at radius 1 is 1.10 bits per heavy atom. The third kappa shape index (κ3) is 5.23. The highest BCUT2D eigenvalue weighted by molar-refractivity contribution is 5.90. The number of nitrogens with one attached hydrogen (secondary N) is 1. The molecular weight excluding hydrogens is 380 g/mol. The molecule has 1 aliphatic rings. The predicted octanol–water partition coefficient (Wildman–Crippen LogP) is 4.55. The molecule has 6 heteroatoms. The molecule has 0 atom stereocenters. The van der Waals surface area contributed by atoms with Crippen molar-refractivity contribution in [2.24, 2.45) is 0 Å². The van der Waals surface area contributed by atoms with Gasteiger partial charge in [0, 0.05) is 18.3 Å². The summed E-state index contributed by atoms with van der Waals surface area (Å²) < 4.78 is 10.9. The average Bonchev–Trinajstić information content (AvgIpc) is 3.05. The van der Waals surface area contributed by atoms with Crippen LogP contribution in [0.4, 0.5) is 0 Å². The lowest BCUT2D eigenvalue weighted by atomic mass is 9.93. The summed E-state index contributed by atoms with van der Waals surface area (Å²) in [4.78, 5) is 30.5. The molecule has 0 aliphatic heterocycles. The maximum Gasteiger partial charge on any atom is 0.355 e. The molecule has 0 spiro atoms. The number of rotatable bonds is 8. The molecule has 0 radical (unpaired) electrons. The quantitative estimate of drug-likeness (QED) is 0.646. The van der Waals surface area contributed by atoms with Gasteiger partial charge in [0.25, 0.3) is 5.91 Å². The number of hydrogen-bond donors (Lipinski definition) is 1. The van der Waals surface area contributed by atoms with E-state index in [1.807, 2.05) is 49.1 Å². The van der Waals surface area contributed by atoms with Crippen molar-refractivity contribution in [3.63, 3.8) is 0 Å². The van der Waals surface area contributed by atoms with E-state index in [4.69, 9.17) is 9.47 Å². The fourth-order valence-corrected chi connectivity index (χ4v) is 4.16. The fraction of sp³-hybridized carbons (Fsp3) is 0.500. The van der Waals surface area contributed by atoms with Gasteiger partial charge in [0.1, 0.15) is 11.4 Å². The number of esters is 1. The Bertz CT molecular complexity index is 854. The van der Waals surface area contributed by atoms with Gasteiger partial charge in [0.05, 0.1) is 6.61 Å². The number of amides is 1. The van der Waals surface area contributed by atoms with Crippen LogP contribution in [-0.2, 0) is 16.1 Å². The number of carbonyl (C=O) groups is 2. The fourth-order valence-electron chi connectivity index (χ4n) is 4.16. The zero-order valence-electron chi connectivity index (χ0n) is 18.2. The Labute approximate surface area is 178 Å². The van der Waals surface area contributed by atoms with Crippen LogP contribution in [0.25, 0.3) is 0 Å². The van der Waals surface area contributed by atoms with E-state index in [0.29, 0.717) is 24.6 Å². The van der Waals surface area contributed by atoms with Crippen molar-refractivity contribution in [2.45, 2.75) is 65.5 Å². The third-order valence-corrected chi connectivity index (χ3v) is 5.84. The maximum atomic E-state index is 13.2. The Morgan fingerprint density at radius 3 is 2.47 bits per heavy atom. The Kier molecular flexibility index (Phi) is 7.55. The van der Waals surface area contributed by atoms with Crippen LogP contribution >= 0.6 is 0 Å². The van der Waals surface area contributed by atoms with Crippen molar-refractivity contribution in [1.29, 1.82) is 0 Å². The van der Waals surface area contributed by atoms with Crippen LogP contribution < -0.4 is 4.74 Å². The number of ether oxygens (including phenoxy) is 2. The summed E-state index contributed by atoms with van der Waals surface area (Å²) in [6.45, 7) is 6.45. The molecule has 0 unspecified atom stereocenters. The molecule has 1 amide bonds. The first kappa shape index (κ1) is 21.9. The van der Waals surface area contributed by atoms with Crippen LogP contribution in [0.2, 0.25) is 0 Å². The van der Waals surface area contributed by atoms with Crippen LogP contribution in [-0.4, -0.2) is 41.0 Å². The van der Waals surface area contributed by atoms with Gasteiger partial charge >= 0.3 is 5.97 Å². The maximum absolute atomic E-state index is 13.2. The standard InChI is InChI=1S/C24H32N2O4/c1-4-29-24(28)23-17(2)21(18(3)25-23)15-26(19-11-7-5-8-12-19)22(27)16-30-20-13-9-6-10-14-20/h6,9-10,13-14,19,25H,4-5,7-8,11-12,15-16H2,1-3H3. The van der Waals surface area contributed by atoms with Gasteiger partial charge in [-0.1, -0.05) is 37.5 Å². The van der Waals surface area contributed by atoms with Gasteiger partial charge in [-0.25, -0.2) is 4.79 Å². The minimum Gasteiger partial charge on any atom is -0.484 e. The molecule has 162 valence electrons. The summed E-state index contributed by atoms with van der Waals surface area (Å²) in [5.41, 5.74) is 3.20. The number of nitrogens with zero attached hydrogens (tertiary/aromatic N) is 1. The summed E-state index contributed by atoms with van der Waals surface area (Å²) >= 11 is 0. The molecule has 1 aromatic carbocycles. The van der Waals surface area contributed by atoms with Crippen molar-refractivity contribution < 1.29 is 19.1 Å².